The fourth-order valence-corrected chi connectivity index (χ4v) is 4.11. The number of fused-ring (bicyclic) bond motifs is 4. The van der Waals surface area contributed by atoms with Crippen molar-refractivity contribution in [1.29, 1.82) is 0 Å². The van der Waals surface area contributed by atoms with Crippen molar-refractivity contribution in [3.63, 3.8) is 0 Å². The van der Waals surface area contributed by atoms with Gasteiger partial charge in [0.15, 0.2) is 5.58 Å². The molecular weight excluding hydrogens is 320 g/mol. The van der Waals surface area contributed by atoms with E-state index in [1.165, 1.54) is 19.4 Å². The zero-order valence-corrected chi connectivity index (χ0v) is 14.4. The maximum Gasteiger partial charge on any atom is 0.270 e. The minimum atomic E-state index is -0.188. The fourth-order valence-electron chi connectivity index (χ4n) is 4.11. The van der Waals surface area contributed by atoms with Crippen LogP contribution in [0.2, 0.25) is 0 Å². The number of carbonyl (C=O) groups excluding carboxylic acids is 2. The molecule has 2 aromatic rings. The molecule has 2 atom stereocenters. The Balaban J connectivity index is 1.56. The van der Waals surface area contributed by atoms with Crippen LogP contribution in [0.3, 0.4) is 0 Å². The summed E-state index contributed by atoms with van der Waals surface area (Å²) in [6.07, 6.45) is 5.26. The molecule has 5 heterocycles. The van der Waals surface area contributed by atoms with E-state index in [1.807, 2.05) is 0 Å². The Bertz CT molecular complexity index is 821. The van der Waals surface area contributed by atoms with E-state index in [0.717, 1.165) is 25.9 Å². The van der Waals surface area contributed by atoms with Crippen LogP contribution in [0.5, 0.6) is 0 Å². The first-order valence-electron chi connectivity index (χ1n) is 8.72. The third-order valence-corrected chi connectivity index (χ3v) is 5.48. The van der Waals surface area contributed by atoms with Gasteiger partial charge in [-0.25, -0.2) is 4.98 Å². The van der Waals surface area contributed by atoms with Gasteiger partial charge in [-0.2, -0.15) is 0 Å². The summed E-state index contributed by atoms with van der Waals surface area (Å²) in [6.45, 7) is 5.86. The molecule has 2 unspecified atom stereocenters. The maximum atomic E-state index is 12.7. The fraction of sp³-hybridized carbons (Fsp3) is 0.500. The number of nitrogens with zero attached hydrogens (tertiary/aromatic N) is 2. The summed E-state index contributed by atoms with van der Waals surface area (Å²) in [5.41, 5.74) is 1.43. The highest BCUT2D eigenvalue weighted by Crippen LogP contribution is 2.32. The highest BCUT2D eigenvalue weighted by Gasteiger charge is 2.40. The highest BCUT2D eigenvalue weighted by atomic mass is 16.3. The Morgan fingerprint density at radius 2 is 2.08 bits per heavy atom. The standard InChI is InChI=1S/C18H22N4O3/c1-10-17(12-3-5-22(10)6-4-12)21-18(24)14-7-13-15(20-11(2)23)9-25-16(13)8-19-14/h7-10,12,17H,3-6H2,1-2H3,(H,20,23)(H,21,24). The number of aromatic nitrogens is 1. The molecule has 2 bridgehead atoms. The number of anilines is 1. The van der Waals surface area contributed by atoms with Crippen LogP contribution in [0, 0.1) is 5.92 Å². The Morgan fingerprint density at radius 3 is 2.76 bits per heavy atom. The van der Waals surface area contributed by atoms with Gasteiger partial charge in [0.2, 0.25) is 5.91 Å². The molecule has 7 heteroatoms. The second-order valence-corrected chi connectivity index (χ2v) is 7.01. The lowest BCUT2D eigenvalue weighted by atomic mass is 9.79. The average Bonchev–Trinajstić information content (AvgIpc) is 3.00. The quantitative estimate of drug-likeness (QED) is 0.891. The largest absolute Gasteiger partial charge is 0.460 e. The minimum Gasteiger partial charge on any atom is -0.460 e. The minimum absolute atomic E-state index is 0.159. The van der Waals surface area contributed by atoms with E-state index >= 15 is 0 Å². The van der Waals surface area contributed by atoms with Gasteiger partial charge in [0.05, 0.1) is 11.9 Å². The summed E-state index contributed by atoms with van der Waals surface area (Å²) in [4.78, 5) is 30.7. The molecule has 0 radical (unpaired) electrons. The van der Waals surface area contributed by atoms with Gasteiger partial charge in [0, 0.05) is 24.4 Å². The van der Waals surface area contributed by atoms with Gasteiger partial charge in [-0.05, 0) is 44.8 Å². The molecule has 0 spiro atoms. The van der Waals surface area contributed by atoms with Gasteiger partial charge in [0.25, 0.3) is 5.91 Å². The van der Waals surface area contributed by atoms with Crippen molar-refractivity contribution in [1.82, 2.24) is 15.2 Å². The van der Waals surface area contributed by atoms with E-state index in [2.05, 4.69) is 27.4 Å². The first-order chi connectivity index (χ1) is 12.0. The normalized spacial score (nSPS) is 28.1. The Hall–Kier alpha value is -2.41. The number of piperidine rings is 3. The molecule has 2 amide bonds. The average molecular weight is 342 g/mol. The van der Waals surface area contributed by atoms with Gasteiger partial charge in [0.1, 0.15) is 12.0 Å². The van der Waals surface area contributed by atoms with Gasteiger partial charge < -0.3 is 15.1 Å². The molecular formula is C18H22N4O3. The molecule has 0 saturated carbocycles. The van der Waals surface area contributed by atoms with Crippen LogP contribution < -0.4 is 10.6 Å². The summed E-state index contributed by atoms with van der Waals surface area (Å²) >= 11 is 0. The summed E-state index contributed by atoms with van der Waals surface area (Å²) in [7, 11) is 0. The van der Waals surface area contributed by atoms with Crippen LogP contribution in [0.15, 0.2) is 22.9 Å². The van der Waals surface area contributed by atoms with Crippen LogP contribution in [-0.4, -0.2) is 46.9 Å². The Kier molecular flexibility index (Phi) is 3.95. The Morgan fingerprint density at radius 1 is 1.32 bits per heavy atom. The number of amides is 2. The molecule has 132 valence electrons. The van der Waals surface area contributed by atoms with E-state index < -0.39 is 0 Å². The van der Waals surface area contributed by atoms with E-state index in [1.54, 1.807) is 6.07 Å². The molecule has 0 aliphatic carbocycles. The maximum absolute atomic E-state index is 12.7. The number of hydrogen-bond acceptors (Lipinski definition) is 5. The van der Waals surface area contributed by atoms with Crippen LogP contribution >= 0.6 is 0 Å². The van der Waals surface area contributed by atoms with Crippen molar-refractivity contribution < 1.29 is 14.0 Å². The number of hydrogen-bond donors (Lipinski definition) is 2. The third kappa shape index (κ3) is 2.89. The first kappa shape index (κ1) is 16.1. The monoisotopic (exact) mass is 342 g/mol. The van der Waals surface area contributed by atoms with E-state index in [-0.39, 0.29) is 17.9 Å². The molecule has 25 heavy (non-hydrogen) atoms. The number of nitrogens with one attached hydrogen (secondary N) is 2. The van der Waals surface area contributed by atoms with Gasteiger partial charge in [-0.1, -0.05) is 0 Å². The van der Waals surface area contributed by atoms with E-state index in [0.29, 0.717) is 34.3 Å². The predicted octanol–water partition coefficient (Wildman–Crippen LogP) is 2.00. The second kappa shape index (κ2) is 6.15. The Labute approximate surface area is 145 Å². The van der Waals surface area contributed by atoms with Crippen molar-refractivity contribution in [2.45, 2.75) is 38.8 Å². The van der Waals surface area contributed by atoms with Crippen LogP contribution in [-0.2, 0) is 4.79 Å². The topological polar surface area (TPSA) is 87.5 Å². The summed E-state index contributed by atoms with van der Waals surface area (Å²) in [5.74, 6) is 0.172. The number of furan rings is 1. The lowest BCUT2D eigenvalue weighted by molar-refractivity contribution is -0.114. The van der Waals surface area contributed by atoms with Crippen molar-refractivity contribution in [3.05, 3.63) is 24.2 Å². The summed E-state index contributed by atoms with van der Waals surface area (Å²) in [6, 6.07) is 2.18. The third-order valence-electron chi connectivity index (χ3n) is 5.48. The van der Waals surface area contributed by atoms with Crippen molar-refractivity contribution in [2.75, 3.05) is 18.4 Å². The number of carbonyl (C=O) groups is 2. The van der Waals surface area contributed by atoms with Crippen molar-refractivity contribution in [2.24, 2.45) is 5.92 Å². The molecule has 2 N–H and O–H groups in total. The zero-order chi connectivity index (χ0) is 17.6. The predicted molar refractivity (Wildman–Crippen MR) is 93.3 cm³/mol. The molecule has 0 aromatic carbocycles. The van der Waals surface area contributed by atoms with E-state index in [4.69, 9.17) is 4.42 Å². The SMILES string of the molecule is CC(=O)Nc1coc2cnc(C(=O)NC3C4CCN(CC4)C3C)cc12. The highest BCUT2D eigenvalue weighted by molar-refractivity contribution is 6.02. The second-order valence-electron chi connectivity index (χ2n) is 7.01. The smallest absolute Gasteiger partial charge is 0.270 e. The van der Waals surface area contributed by atoms with Gasteiger partial charge >= 0.3 is 0 Å². The number of pyridine rings is 1. The molecule has 7 nitrogen and oxygen atoms in total. The molecule has 3 fully saturated rings. The summed E-state index contributed by atoms with van der Waals surface area (Å²) < 4.78 is 5.38. The first-order valence-corrected chi connectivity index (χ1v) is 8.72. The molecule has 3 aliphatic heterocycles. The molecule has 3 saturated heterocycles. The van der Waals surface area contributed by atoms with Crippen LogP contribution in [0.4, 0.5) is 5.69 Å². The molecule has 3 aliphatic rings. The number of rotatable bonds is 3. The molecule has 2 aromatic heterocycles. The lowest BCUT2D eigenvalue weighted by Crippen LogP contribution is -2.62. The van der Waals surface area contributed by atoms with Crippen molar-refractivity contribution >= 4 is 28.5 Å². The van der Waals surface area contributed by atoms with Crippen LogP contribution in [0.25, 0.3) is 11.0 Å². The summed E-state index contributed by atoms with van der Waals surface area (Å²) in [5, 5.41) is 6.56. The van der Waals surface area contributed by atoms with Gasteiger partial charge in [-0.3, -0.25) is 14.5 Å². The lowest BCUT2D eigenvalue weighted by Gasteiger charge is -2.49. The van der Waals surface area contributed by atoms with Crippen LogP contribution in [0.1, 0.15) is 37.2 Å². The van der Waals surface area contributed by atoms with Gasteiger partial charge in [-0.15, -0.1) is 0 Å². The molecule has 5 rings (SSSR count). The zero-order valence-electron chi connectivity index (χ0n) is 14.4. The van der Waals surface area contributed by atoms with Crippen molar-refractivity contribution in [3.8, 4) is 0 Å². The van der Waals surface area contributed by atoms with E-state index in [9.17, 15) is 9.59 Å².